The summed E-state index contributed by atoms with van der Waals surface area (Å²) < 4.78 is 12.0. The van der Waals surface area contributed by atoms with Crippen LogP contribution in [0.15, 0.2) is 12.2 Å². The molecule has 34 heavy (non-hydrogen) atoms. The number of hydrogen-bond donors (Lipinski definition) is 0. The minimum atomic E-state index is -0.904. The van der Waals surface area contributed by atoms with Gasteiger partial charge in [0.2, 0.25) is 0 Å². The van der Waals surface area contributed by atoms with Crippen LogP contribution in [0, 0.1) is 46.8 Å². The van der Waals surface area contributed by atoms with E-state index in [2.05, 4.69) is 47.6 Å². The molecule has 1 aliphatic heterocycles. The van der Waals surface area contributed by atoms with Crippen molar-refractivity contribution in [1.82, 2.24) is 10.0 Å². The van der Waals surface area contributed by atoms with Gasteiger partial charge in [-0.2, -0.15) is 10.3 Å². The first-order chi connectivity index (χ1) is 16.1. The Labute approximate surface area is 205 Å². The number of carbonyl (C=O) groups is 2. The zero-order chi connectivity index (χ0) is 25.0. The average molecular weight is 474 g/mol. The molecule has 190 valence electrons. The second kappa shape index (κ2) is 11.5. The molecule has 3 rings (SSSR count). The van der Waals surface area contributed by atoms with Gasteiger partial charge < -0.3 is 9.47 Å². The third kappa shape index (κ3) is 6.06. The predicted molar refractivity (Wildman–Crippen MR) is 130 cm³/mol. The molecule has 2 fully saturated rings. The second-order valence-electron chi connectivity index (χ2n) is 11.4. The largest absolute Gasteiger partial charge is 0.445 e. The standard InChI is InChI=1S/C27H43N3O4/c1-17(2)22-11-9-19(5)14-24(22)33-26(31)29-13-7-8-21(16-28)30(29)27(32)34-25-15-20(6)10-12-23(25)18(3)4/h7-8,17-25H,9-15H2,1-6H3/t19-,20-,21+,22+,23+,24-,25-/m1/s1. The highest BCUT2D eigenvalue weighted by molar-refractivity contribution is 5.76. The minimum Gasteiger partial charge on any atom is -0.445 e. The fraction of sp³-hybridized carbons (Fsp3) is 0.815. The van der Waals surface area contributed by atoms with Crippen molar-refractivity contribution in [3.05, 3.63) is 12.2 Å². The lowest BCUT2D eigenvalue weighted by molar-refractivity contribution is -0.0757. The summed E-state index contributed by atoms with van der Waals surface area (Å²) in [6.45, 7) is 13.2. The topological polar surface area (TPSA) is 82.9 Å². The van der Waals surface area contributed by atoms with Crippen LogP contribution in [0.1, 0.15) is 80.1 Å². The molecule has 7 heteroatoms. The van der Waals surface area contributed by atoms with Gasteiger partial charge in [0.05, 0.1) is 12.6 Å². The van der Waals surface area contributed by atoms with E-state index in [9.17, 15) is 14.9 Å². The van der Waals surface area contributed by atoms with Crippen molar-refractivity contribution in [3.8, 4) is 6.07 Å². The maximum absolute atomic E-state index is 13.4. The molecule has 1 heterocycles. The number of hydrogen-bond acceptors (Lipinski definition) is 5. The third-order valence-electron chi connectivity index (χ3n) is 8.08. The summed E-state index contributed by atoms with van der Waals surface area (Å²) in [5.74, 6) is 2.33. The van der Waals surface area contributed by atoms with E-state index in [0.717, 1.165) is 43.5 Å². The summed E-state index contributed by atoms with van der Waals surface area (Å²) in [6, 6.07) is 1.22. The molecule has 0 spiro atoms. The molecule has 7 nitrogen and oxygen atoms in total. The van der Waals surface area contributed by atoms with Gasteiger partial charge in [-0.3, -0.25) is 0 Å². The maximum atomic E-state index is 13.4. The summed E-state index contributed by atoms with van der Waals surface area (Å²) in [4.78, 5) is 26.8. The molecule has 0 saturated heterocycles. The van der Waals surface area contributed by atoms with Crippen molar-refractivity contribution < 1.29 is 19.1 Å². The van der Waals surface area contributed by atoms with Crippen molar-refractivity contribution in [2.45, 2.75) is 98.3 Å². The van der Waals surface area contributed by atoms with Gasteiger partial charge >= 0.3 is 12.2 Å². The Bertz CT molecular complexity index is 789. The SMILES string of the molecule is CC(C)[C@@H]1CC[C@@H](C)C[C@H]1OC(=O)N1CC=C[C@@H](C#N)N1C(=O)O[C@@H]1C[C@H](C)CC[C@H]1C(C)C. The summed E-state index contributed by atoms with van der Waals surface area (Å²) in [7, 11) is 0. The van der Waals surface area contributed by atoms with E-state index in [0.29, 0.717) is 29.6 Å². The molecule has 2 aliphatic carbocycles. The fourth-order valence-corrected chi connectivity index (χ4v) is 5.96. The second-order valence-corrected chi connectivity index (χ2v) is 11.4. The van der Waals surface area contributed by atoms with Crippen LogP contribution in [0.25, 0.3) is 0 Å². The van der Waals surface area contributed by atoms with Gasteiger partial charge in [-0.05, 0) is 67.3 Å². The Kier molecular flexibility index (Phi) is 8.89. The summed E-state index contributed by atoms with van der Waals surface area (Å²) in [5, 5.41) is 12.2. The van der Waals surface area contributed by atoms with E-state index >= 15 is 0 Å². The number of rotatable bonds is 4. The van der Waals surface area contributed by atoms with Crippen LogP contribution in [0.5, 0.6) is 0 Å². The third-order valence-corrected chi connectivity index (χ3v) is 8.08. The number of nitrogens with zero attached hydrogens (tertiary/aromatic N) is 3. The molecule has 0 unspecified atom stereocenters. The lowest BCUT2D eigenvalue weighted by Crippen LogP contribution is -2.57. The summed E-state index contributed by atoms with van der Waals surface area (Å²) >= 11 is 0. The van der Waals surface area contributed by atoms with Gasteiger partial charge in [0.15, 0.2) is 6.04 Å². The molecule has 0 N–H and O–H groups in total. The van der Waals surface area contributed by atoms with Gasteiger partial charge in [-0.1, -0.05) is 60.5 Å². The first-order valence-corrected chi connectivity index (χ1v) is 13.2. The highest BCUT2D eigenvalue weighted by Gasteiger charge is 2.41. The van der Waals surface area contributed by atoms with Crippen molar-refractivity contribution >= 4 is 12.2 Å². The van der Waals surface area contributed by atoms with Crippen LogP contribution >= 0.6 is 0 Å². The quantitative estimate of drug-likeness (QED) is 0.457. The highest BCUT2D eigenvalue weighted by atomic mass is 16.6. The molecule has 0 aromatic heterocycles. The molecule has 0 radical (unpaired) electrons. The zero-order valence-corrected chi connectivity index (χ0v) is 21.8. The van der Waals surface area contributed by atoms with E-state index in [-0.39, 0.29) is 24.7 Å². The predicted octanol–water partition coefficient (Wildman–Crippen LogP) is 6.16. The van der Waals surface area contributed by atoms with E-state index in [1.165, 1.54) is 5.01 Å². The Morgan fingerprint density at radius 2 is 1.38 bits per heavy atom. The molecule has 3 aliphatic rings. The zero-order valence-electron chi connectivity index (χ0n) is 21.8. The molecule has 0 bridgehead atoms. The maximum Gasteiger partial charge on any atom is 0.430 e. The van der Waals surface area contributed by atoms with Crippen molar-refractivity contribution in [3.63, 3.8) is 0 Å². The Hall–Kier alpha value is -2.23. The number of amides is 2. The normalized spacial score (nSPS) is 34.1. The van der Waals surface area contributed by atoms with Crippen molar-refractivity contribution in [1.29, 1.82) is 5.26 Å². The first-order valence-electron chi connectivity index (χ1n) is 13.2. The van der Waals surface area contributed by atoms with Crippen LogP contribution in [0.4, 0.5) is 9.59 Å². The molecule has 2 saturated carbocycles. The Morgan fingerprint density at radius 1 is 0.882 bits per heavy atom. The van der Waals surface area contributed by atoms with Gasteiger partial charge in [0, 0.05) is 0 Å². The summed E-state index contributed by atoms with van der Waals surface area (Å²) in [5.41, 5.74) is 0. The number of carbonyl (C=O) groups excluding carboxylic acids is 2. The van der Waals surface area contributed by atoms with Gasteiger partial charge in [-0.25, -0.2) is 14.6 Å². The molecule has 7 atom stereocenters. The van der Waals surface area contributed by atoms with E-state index in [1.807, 2.05) is 0 Å². The Morgan fingerprint density at radius 3 is 1.85 bits per heavy atom. The van der Waals surface area contributed by atoms with E-state index < -0.39 is 18.2 Å². The van der Waals surface area contributed by atoms with E-state index in [1.54, 1.807) is 12.2 Å². The fourth-order valence-electron chi connectivity index (χ4n) is 5.96. The van der Waals surface area contributed by atoms with Gasteiger partial charge in [-0.15, -0.1) is 0 Å². The van der Waals surface area contributed by atoms with Crippen molar-refractivity contribution in [2.75, 3.05) is 6.54 Å². The Balaban J connectivity index is 1.77. The smallest absolute Gasteiger partial charge is 0.430 e. The van der Waals surface area contributed by atoms with Crippen molar-refractivity contribution in [2.24, 2.45) is 35.5 Å². The molecule has 0 aromatic rings. The number of nitriles is 1. The van der Waals surface area contributed by atoms with Crippen LogP contribution < -0.4 is 0 Å². The van der Waals surface area contributed by atoms with Crippen LogP contribution in [-0.4, -0.2) is 47.0 Å². The van der Waals surface area contributed by atoms with Gasteiger partial charge in [0.25, 0.3) is 0 Å². The molecule has 0 aromatic carbocycles. The highest BCUT2D eigenvalue weighted by Crippen LogP contribution is 2.37. The number of hydrazine groups is 1. The minimum absolute atomic E-state index is 0.176. The molecular weight excluding hydrogens is 430 g/mol. The van der Waals surface area contributed by atoms with E-state index in [4.69, 9.17) is 9.47 Å². The average Bonchev–Trinajstić information content (AvgIpc) is 2.78. The van der Waals surface area contributed by atoms with Gasteiger partial charge in [0.1, 0.15) is 12.2 Å². The van der Waals surface area contributed by atoms with Crippen LogP contribution in [0.2, 0.25) is 0 Å². The lowest BCUT2D eigenvalue weighted by Gasteiger charge is -2.42. The van der Waals surface area contributed by atoms with Crippen LogP contribution in [0.3, 0.4) is 0 Å². The number of ether oxygens (including phenoxy) is 2. The first kappa shape index (κ1) is 26.4. The lowest BCUT2D eigenvalue weighted by atomic mass is 9.75. The monoisotopic (exact) mass is 473 g/mol. The van der Waals surface area contributed by atoms with Crippen LogP contribution in [-0.2, 0) is 9.47 Å². The molecule has 2 amide bonds. The summed E-state index contributed by atoms with van der Waals surface area (Å²) in [6.07, 6.45) is 7.68. The molecular formula is C27H43N3O4.